The first-order valence-corrected chi connectivity index (χ1v) is 6.20. The lowest BCUT2D eigenvalue weighted by Gasteiger charge is -2.20. The first-order chi connectivity index (χ1) is 7.61. The zero-order valence-corrected chi connectivity index (χ0v) is 11.1. The maximum absolute atomic E-state index is 12.1. The lowest BCUT2D eigenvalue weighted by molar-refractivity contribution is 0.0774. The second-order valence-corrected chi connectivity index (χ2v) is 4.34. The average Bonchev–Trinajstić information content (AvgIpc) is 2.29. The molecule has 1 aromatic carbocycles. The molecule has 16 heavy (non-hydrogen) atoms. The predicted molar refractivity (Wildman–Crippen MR) is 68.8 cm³/mol. The Morgan fingerprint density at radius 1 is 1.38 bits per heavy atom. The maximum atomic E-state index is 12.1. The van der Waals surface area contributed by atoms with Crippen LogP contribution in [0.4, 0.5) is 0 Å². The van der Waals surface area contributed by atoms with Crippen molar-refractivity contribution >= 4 is 40.7 Å². The highest BCUT2D eigenvalue weighted by Gasteiger charge is 2.17. The van der Waals surface area contributed by atoms with Crippen LogP contribution in [0.15, 0.2) is 18.2 Å². The Morgan fingerprint density at radius 2 is 2.06 bits per heavy atom. The number of benzene rings is 1. The van der Waals surface area contributed by atoms with Gasteiger partial charge in [-0.2, -0.15) is 0 Å². The van der Waals surface area contributed by atoms with Crippen LogP contribution in [0, 0.1) is 0 Å². The molecule has 0 saturated carbocycles. The summed E-state index contributed by atoms with van der Waals surface area (Å²) in [4.78, 5) is 13.7. The average molecular weight is 281 g/mol. The number of alkyl halides is 1. The molecular weight excluding hydrogens is 268 g/mol. The second-order valence-electron chi connectivity index (χ2n) is 3.18. The molecule has 2 nitrogen and oxygen atoms in total. The minimum Gasteiger partial charge on any atom is -0.338 e. The summed E-state index contributed by atoms with van der Waals surface area (Å²) in [6, 6.07) is 5.02. The molecule has 0 saturated heterocycles. The fraction of sp³-hybridized carbons (Fsp3) is 0.364. The molecule has 88 valence electrons. The van der Waals surface area contributed by atoms with Crippen LogP contribution in [-0.2, 0) is 0 Å². The van der Waals surface area contributed by atoms with Crippen molar-refractivity contribution in [2.75, 3.05) is 19.0 Å². The first-order valence-electron chi connectivity index (χ1n) is 4.91. The Hall–Kier alpha value is -0.440. The van der Waals surface area contributed by atoms with Gasteiger partial charge < -0.3 is 4.90 Å². The van der Waals surface area contributed by atoms with Gasteiger partial charge in [-0.15, -0.1) is 11.6 Å². The van der Waals surface area contributed by atoms with Crippen LogP contribution < -0.4 is 0 Å². The number of carbonyl (C=O) groups excluding carboxylic acids is 1. The molecule has 0 fully saturated rings. The summed E-state index contributed by atoms with van der Waals surface area (Å²) in [5.41, 5.74) is 0.418. The molecule has 0 spiro atoms. The Kier molecular flexibility index (Phi) is 5.39. The van der Waals surface area contributed by atoms with Gasteiger partial charge in [-0.05, 0) is 19.1 Å². The molecule has 1 amide bonds. The van der Waals surface area contributed by atoms with Crippen LogP contribution in [-0.4, -0.2) is 29.8 Å². The van der Waals surface area contributed by atoms with E-state index in [4.69, 9.17) is 34.8 Å². The van der Waals surface area contributed by atoms with Crippen molar-refractivity contribution in [3.63, 3.8) is 0 Å². The fourth-order valence-corrected chi connectivity index (χ4v) is 1.93. The molecule has 0 aliphatic carbocycles. The Balaban J connectivity index is 2.99. The Morgan fingerprint density at radius 3 is 2.62 bits per heavy atom. The van der Waals surface area contributed by atoms with Crippen LogP contribution >= 0.6 is 34.8 Å². The van der Waals surface area contributed by atoms with E-state index in [1.807, 2.05) is 6.92 Å². The third-order valence-electron chi connectivity index (χ3n) is 2.21. The van der Waals surface area contributed by atoms with E-state index >= 15 is 0 Å². The summed E-state index contributed by atoms with van der Waals surface area (Å²) in [5, 5.41) is 0.677. The van der Waals surface area contributed by atoms with Gasteiger partial charge in [0.1, 0.15) is 0 Å². The highest BCUT2D eigenvalue weighted by atomic mass is 35.5. The van der Waals surface area contributed by atoms with Crippen molar-refractivity contribution < 1.29 is 4.79 Å². The van der Waals surface area contributed by atoms with Crippen molar-refractivity contribution in [3.05, 3.63) is 33.8 Å². The van der Waals surface area contributed by atoms with Crippen molar-refractivity contribution in [2.24, 2.45) is 0 Å². The smallest absolute Gasteiger partial charge is 0.255 e. The lowest BCUT2D eigenvalue weighted by Crippen LogP contribution is -2.32. The molecule has 0 heterocycles. The zero-order valence-electron chi connectivity index (χ0n) is 8.84. The molecule has 0 N–H and O–H groups in total. The van der Waals surface area contributed by atoms with E-state index in [0.717, 1.165) is 0 Å². The second kappa shape index (κ2) is 6.33. The lowest BCUT2D eigenvalue weighted by atomic mass is 10.2. The van der Waals surface area contributed by atoms with Gasteiger partial charge in [0.2, 0.25) is 0 Å². The van der Waals surface area contributed by atoms with E-state index in [2.05, 4.69) is 0 Å². The van der Waals surface area contributed by atoms with Crippen LogP contribution in [0.1, 0.15) is 17.3 Å². The number of halogens is 3. The number of hydrogen-bond acceptors (Lipinski definition) is 1. The van der Waals surface area contributed by atoms with Crippen LogP contribution in [0.25, 0.3) is 0 Å². The van der Waals surface area contributed by atoms with Crippen molar-refractivity contribution in [1.82, 2.24) is 4.90 Å². The first kappa shape index (κ1) is 13.6. The van der Waals surface area contributed by atoms with Gasteiger partial charge in [-0.3, -0.25) is 4.79 Å². The van der Waals surface area contributed by atoms with Crippen molar-refractivity contribution in [3.8, 4) is 0 Å². The standard InChI is InChI=1S/C11H12Cl3NO/c1-2-15(7-6-12)11(16)8-4-3-5-9(13)10(8)14/h3-5H,2,6-7H2,1H3. The van der Waals surface area contributed by atoms with Crippen LogP contribution in [0.3, 0.4) is 0 Å². The van der Waals surface area contributed by atoms with Gasteiger partial charge in [-0.1, -0.05) is 29.3 Å². The van der Waals surface area contributed by atoms with Crippen molar-refractivity contribution in [1.29, 1.82) is 0 Å². The molecule has 0 atom stereocenters. The minimum atomic E-state index is -0.143. The fourth-order valence-electron chi connectivity index (χ4n) is 1.34. The summed E-state index contributed by atoms with van der Waals surface area (Å²) >= 11 is 17.5. The molecule has 0 aliphatic rings. The summed E-state index contributed by atoms with van der Waals surface area (Å²) in [5.74, 6) is 0.258. The number of rotatable bonds is 4. The Bertz CT molecular complexity index is 381. The number of nitrogens with zero attached hydrogens (tertiary/aromatic N) is 1. The molecule has 0 unspecified atom stereocenters. The molecular formula is C11H12Cl3NO. The van der Waals surface area contributed by atoms with E-state index in [1.54, 1.807) is 23.1 Å². The summed E-state index contributed by atoms with van der Waals surface area (Å²) < 4.78 is 0. The van der Waals surface area contributed by atoms with Crippen LogP contribution in [0.2, 0.25) is 10.0 Å². The van der Waals surface area contributed by atoms with Crippen molar-refractivity contribution in [2.45, 2.75) is 6.92 Å². The number of amides is 1. The van der Waals surface area contributed by atoms with E-state index in [9.17, 15) is 4.79 Å². The maximum Gasteiger partial charge on any atom is 0.255 e. The normalized spacial score (nSPS) is 10.2. The highest BCUT2D eigenvalue weighted by molar-refractivity contribution is 6.43. The molecule has 5 heteroatoms. The van der Waals surface area contributed by atoms with E-state index in [0.29, 0.717) is 34.6 Å². The number of carbonyl (C=O) groups is 1. The molecule has 0 aliphatic heterocycles. The van der Waals surface area contributed by atoms with Gasteiger partial charge in [0, 0.05) is 19.0 Å². The highest BCUT2D eigenvalue weighted by Crippen LogP contribution is 2.26. The number of hydrogen-bond donors (Lipinski definition) is 0. The molecule has 1 aromatic rings. The van der Waals surface area contributed by atoms with Gasteiger partial charge in [0.15, 0.2) is 0 Å². The van der Waals surface area contributed by atoms with E-state index in [-0.39, 0.29) is 5.91 Å². The monoisotopic (exact) mass is 279 g/mol. The summed E-state index contributed by atoms with van der Waals surface area (Å²) in [6.07, 6.45) is 0. The summed E-state index contributed by atoms with van der Waals surface area (Å²) in [6.45, 7) is 2.98. The Labute approximate surface area is 110 Å². The van der Waals surface area contributed by atoms with Gasteiger partial charge in [0.25, 0.3) is 5.91 Å². The zero-order chi connectivity index (χ0) is 12.1. The molecule has 0 bridgehead atoms. The molecule has 0 radical (unpaired) electrons. The molecule has 1 rings (SSSR count). The van der Waals surface area contributed by atoms with E-state index in [1.165, 1.54) is 0 Å². The predicted octanol–water partition coefficient (Wildman–Crippen LogP) is 3.69. The SMILES string of the molecule is CCN(CCCl)C(=O)c1cccc(Cl)c1Cl. The van der Waals surface area contributed by atoms with Gasteiger partial charge >= 0.3 is 0 Å². The largest absolute Gasteiger partial charge is 0.338 e. The third kappa shape index (κ3) is 3.03. The summed E-state index contributed by atoms with van der Waals surface area (Å²) in [7, 11) is 0. The topological polar surface area (TPSA) is 20.3 Å². The molecule has 0 aromatic heterocycles. The van der Waals surface area contributed by atoms with Gasteiger partial charge in [0.05, 0.1) is 15.6 Å². The van der Waals surface area contributed by atoms with Crippen LogP contribution in [0.5, 0.6) is 0 Å². The minimum absolute atomic E-state index is 0.143. The van der Waals surface area contributed by atoms with E-state index < -0.39 is 0 Å². The quantitative estimate of drug-likeness (QED) is 0.770. The third-order valence-corrected chi connectivity index (χ3v) is 3.19. The van der Waals surface area contributed by atoms with Gasteiger partial charge in [-0.25, -0.2) is 0 Å².